The van der Waals surface area contributed by atoms with Gasteiger partial charge in [0.1, 0.15) is 0 Å². The van der Waals surface area contributed by atoms with E-state index in [-0.39, 0.29) is 23.7 Å². The van der Waals surface area contributed by atoms with Crippen molar-refractivity contribution in [3.8, 4) is 12.0 Å². The van der Waals surface area contributed by atoms with Gasteiger partial charge in [-0.15, -0.1) is 0 Å². The van der Waals surface area contributed by atoms with Crippen molar-refractivity contribution < 1.29 is 14.6 Å². The molecular weight excluding hydrogens is 336 g/mol. The van der Waals surface area contributed by atoms with Crippen LogP contribution in [-0.2, 0) is 17.8 Å². The fraction of sp³-hybridized carbons (Fsp3) is 0.294. The summed E-state index contributed by atoms with van der Waals surface area (Å²) in [6, 6.07) is 7.52. The van der Waals surface area contributed by atoms with E-state index in [0.717, 1.165) is 11.1 Å². The first-order valence-corrected chi connectivity index (χ1v) is 8.30. The van der Waals surface area contributed by atoms with E-state index in [4.69, 9.17) is 10.5 Å². The van der Waals surface area contributed by atoms with Gasteiger partial charge in [-0.2, -0.15) is 15.0 Å². The number of rotatable bonds is 0. The number of nitrogens with one attached hydrogen (secondary N) is 1. The van der Waals surface area contributed by atoms with Crippen LogP contribution in [-0.4, -0.2) is 43.7 Å². The second-order valence-electron chi connectivity index (χ2n) is 6.11. The van der Waals surface area contributed by atoms with Crippen molar-refractivity contribution in [2.24, 2.45) is 0 Å². The zero-order valence-corrected chi connectivity index (χ0v) is 14.0. The van der Waals surface area contributed by atoms with Crippen LogP contribution in [0, 0.1) is 0 Å². The summed E-state index contributed by atoms with van der Waals surface area (Å²) in [6.07, 6.45) is 0.901. The van der Waals surface area contributed by atoms with Gasteiger partial charge in [-0.25, -0.2) is 0 Å². The third-order valence-electron chi connectivity index (χ3n) is 4.15. The number of hydrogen-bond acceptors (Lipinski definition) is 7. The summed E-state index contributed by atoms with van der Waals surface area (Å²) in [6.45, 7) is 1.15. The minimum Gasteiger partial charge on any atom is -0.480 e. The highest BCUT2D eigenvalue weighted by Crippen LogP contribution is 2.26. The fourth-order valence-electron chi connectivity index (χ4n) is 2.93. The number of ether oxygens (including phenoxy) is 1. The van der Waals surface area contributed by atoms with Crippen molar-refractivity contribution in [2.75, 3.05) is 18.9 Å². The van der Waals surface area contributed by atoms with Gasteiger partial charge in [0.2, 0.25) is 5.91 Å². The highest BCUT2D eigenvalue weighted by molar-refractivity contribution is 5.83. The summed E-state index contributed by atoms with van der Waals surface area (Å²) >= 11 is 0. The molecule has 1 aromatic carbocycles. The maximum Gasteiger partial charge on any atom is 0.320 e. The Morgan fingerprint density at radius 2 is 2.08 bits per heavy atom. The van der Waals surface area contributed by atoms with Gasteiger partial charge < -0.3 is 20.9 Å². The summed E-state index contributed by atoms with van der Waals surface area (Å²) in [7, 11) is 0. The molecule has 9 nitrogen and oxygen atoms in total. The van der Waals surface area contributed by atoms with Gasteiger partial charge in [-0.05, 0) is 17.5 Å². The second kappa shape index (κ2) is 6.51. The Labute approximate surface area is 148 Å². The minimum absolute atomic E-state index is 0.0500. The van der Waals surface area contributed by atoms with Crippen LogP contribution in [0.5, 0.6) is 12.0 Å². The summed E-state index contributed by atoms with van der Waals surface area (Å²) < 4.78 is 7.08. The molecule has 1 amide bonds. The molecule has 1 aliphatic rings. The standard InChI is InChI=1S/C17H18N6O3/c18-14-13-15-22-16(21-14)26-6-2-5-19-12(24)8-10-3-1-4-11(7-10)9-23(15)17(25)20-13/h1,3-4,7H,2,5-6,8-9H2,(H,19,24)(H,20,25)(H2,18,21,22). The van der Waals surface area contributed by atoms with Gasteiger partial charge in [-0.3, -0.25) is 9.36 Å². The first-order chi connectivity index (χ1) is 12.6. The summed E-state index contributed by atoms with van der Waals surface area (Å²) in [5.74, 6) is 0.0939. The third-order valence-corrected chi connectivity index (χ3v) is 4.15. The third kappa shape index (κ3) is 3.10. The average molecular weight is 354 g/mol. The van der Waals surface area contributed by atoms with Gasteiger partial charge in [0.15, 0.2) is 17.0 Å². The predicted molar refractivity (Wildman–Crippen MR) is 93.8 cm³/mol. The van der Waals surface area contributed by atoms with Crippen LogP contribution in [0.3, 0.4) is 0 Å². The molecule has 3 heterocycles. The Morgan fingerprint density at radius 1 is 1.23 bits per heavy atom. The number of benzene rings is 1. The number of nitrogen functional groups attached to an aromatic ring is 1. The molecule has 3 aromatic rings. The molecule has 0 saturated heterocycles. The molecule has 134 valence electrons. The quantitative estimate of drug-likeness (QED) is 0.539. The Kier molecular flexibility index (Phi) is 4.04. The molecule has 2 aromatic heterocycles. The molecule has 0 unspecified atom stereocenters. The van der Waals surface area contributed by atoms with E-state index in [1.165, 1.54) is 0 Å². The number of carbonyl (C=O) groups is 1. The van der Waals surface area contributed by atoms with Gasteiger partial charge in [0, 0.05) is 6.54 Å². The molecule has 26 heavy (non-hydrogen) atoms. The lowest BCUT2D eigenvalue weighted by Gasteiger charge is -2.08. The molecule has 9 heteroatoms. The van der Waals surface area contributed by atoms with Crippen LogP contribution < -0.4 is 15.8 Å². The maximum atomic E-state index is 12.0. The number of nitrogens with two attached hydrogens (primary N) is 1. The number of nitrogens with zero attached hydrogens (tertiary/aromatic N) is 4. The van der Waals surface area contributed by atoms with Crippen molar-refractivity contribution >= 4 is 22.9 Å². The largest absolute Gasteiger partial charge is 0.480 e. The van der Waals surface area contributed by atoms with Crippen molar-refractivity contribution in [3.63, 3.8) is 0 Å². The van der Waals surface area contributed by atoms with E-state index >= 15 is 0 Å². The maximum absolute atomic E-state index is 12.0. The number of hydrogen-bond donors (Lipinski definition) is 3. The van der Waals surface area contributed by atoms with Crippen LogP contribution in [0.2, 0.25) is 0 Å². The first-order valence-electron chi connectivity index (χ1n) is 8.30. The Balaban J connectivity index is 1.81. The Hall–Kier alpha value is -3.36. The lowest BCUT2D eigenvalue weighted by molar-refractivity contribution is -0.120. The normalized spacial score (nSPS) is 15.2. The zero-order valence-electron chi connectivity index (χ0n) is 14.0. The van der Waals surface area contributed by atoms with Crippen molar-refractivity contribution in [1.82, 2.24) is 24.8 Å². The smallest absolute Gasteiger partial charge is 0.320 e. The number of aromatic hydroxyl groups is 1. The highest BCUT2D eigenvalue weighted by atomic mass is 16.5. The van der Waals surface area contributed by atoms with E-state index in [0.29, 0.717) is 43.7 Å². The van der Waals surface area contributed by atoms with Gasteiger partial charge in [0.05, 0.1) is 19.6 Å². The summed E-state index contributed by atoms with van der Waals surface area (Å²) in [4.78, 5) is 24.5. The summed E-state index contributed by atoms with van der Waals surface area (Å²) in [5.41, 5.74) is 8.46. The van der Waals surface area contributed by atoms with Crippen LogP contribution in [0.15, 0.2) is 24.3 Å². The Bertz CT molecular complexity index is 984. The van der Waals surface area contributed by atoms with E-state index < -0.39 is 0 Å². The molecular formula is C17H18N6O3. The van der Waals surface area contributed by atoms with E-state index in [9.17, 15) is 9.90 Å². The molecule has 4 rings (SSSR count). The molecule has 4 N–H and O–H groups in total. The average Bonchev–Trinajstić information content (AvgIpc) is 2.91. The van der Waals surface area contributed by atoms with E-state index in [2.05, 4.69) is 20.3 Å². The van der Waals surface area contributed by atoms with Gasteiger partial charge in [0.25, 0.3) is 6.01 Å². The number of fused-ring (bicyclic) bond motifs is 3. The van der Waals surface area contributed by atoms with Crippen molar-refractivity contribution in [3.05, 3.63) is 35.4 Å². The molecule has 4 bridgehead atoms. The number of aromatic nitrogens is 4. The highest BCUT2D eigenvalue weighted by Gasteiger charge is 2.17. The van der Waals surface area contributed by atoms with Gasteiger partial charge >= 0.3 is 6.01 Å². The lowest BCUT2D eigenvalue weighted by atomic mass is 10.1. The van der Waals surface area contributed by atoms with Crippen LogP contribution in [0.25, 0.3) is 11.2 Å². The molecule has 0 spiro atoms. The molecule has 0 radical (unpaired) electrons. The topological polar surface area (TPSA) is 128 Å². The molecule has 0 saturated carbocycles. The number of amides is 1. The molecule has 0 fully saturated rings. The van der Waals surface area contributed by atoms with Crippen LogP contribution in [0.4, 0.5) is 5.82 Å². The number of anilines is 1. The van der Waals surface area contributed by atoms with Gasteiger partial charge in [-0.1, -0.05) is 24.3 Å². The summed E-state index contributed by atoms with van der Waals surface area (Å²) in [5, 5.41) is 13.1. The Morgan fingerprint density at radius 3 is 2.96 bits per heavy atom. The van der Waals surface area contributed by atoms with Crippen LogP contribution in [0.1, 0.15) is 17.5 Å². The predicted octanol–water partition coefficient (Wildman–Crippen LogP) is 0.604. The molecule has 0 aliphatic carbocycles. The SMILES string of the molecule is Nc1nc2nc3c1nc(O)n3Cc1cccc(c1)CC(=O)NCCCO2. The van der Waals surface area contributed by atoms with E-state index in [1.807, 2.05) is 24.3 Å². The minimum atomic E-state index is -0.203. The zero-order chi connectivity index (χ0) is 18.1. The molecule has 1 aliphatic heterocycles. The second-order valence-corrected chi connectivity index (χ2v) is 6.11. The van der Waals surface area contributed by atoms with Crippen molar-refractivity contribution in [2.45, 2.75) is 19.4 Å². The monoisotopic (exact) mass is 354 g/mol. The first kappa shape index (κ1) is 16.1. The number of carbonyl (C=O) groups excluding carboxylic acids is 1. The fourth-order valence-corrected chi connectivity index (χ4v) is 2.93. The lowest BCUT2D eigenvalue weighted by Crippen LogP contribution is -2.27. The molecule has 0 atom stereocenters. The van der Waals surface area contributed by atoms with Crippen molar-refractivity contribution in [1.29, 1.82) is 0 Å². The number of imidazole rings is 1. The van der Waals surface area contributed by atoms with E-state index in [1.54, 1.807) is 4.57 Å². The van der Waals surface area contributed by atoms with Crippen LogP contribution >= 0.6 is 0 Å².